The van der Waals surface area contributed by atoms with E-state index >= 15 is 0 Å². The number of rotatable bonds is 0. The summed E-state index contributed by atoms with van der Waals surface area (Å²) in [5.74, 6) is 1.68. The van der Waals surface area contributed by atoms with Crippen molar-refractivity contribution in [3.05, 3.63) is 0 Å². The van der Waals surface area contributed by atoms with E-state index < -0.39 is 5.67 Å². The summed E-state index contributed by atoms with van der Waals surface area (Å²) in [6.45, 7) is 2.34. The first kappa shape index (κ1) is 7.25. The molecule has 4 saturated carbocycles. The van der Waals surface area contributed by atoms with Gasteiger partial charge in [0.05, 0.1) is 0 Å². The third kappa shape index (κ3) is 0.558. The van der Waals surface area contributed by atoms with Gasteiger partial charge in [-0.05, 0) is 55.8 Å². The molecule has 4 rings (SSSR count). The number of hydrogen-bond donors (Lipinski definition) is 0. The van der Waals surface area contributed by atoms with Crippen LogP contribution >= 0.6 is 0 Å². The van der Waals surface area contributed by atoms with Crippen LogP contribution in [0.2, 0.25) is 0 Å². The van der Waals surface area contributed by atoms with Gasteiger partial charge in [0, 0.05) is 5.41 Å². The third-order valence-electron chi connectivity index (χ3n) is 5.75. The molecule has 0 radical (unpaired) electrons. The smallest absolute Gasteiger partial charge is 0.117 e. The van der Waals surface area contributed by atoms with Crippen LogP contribution in [0.1, 0.15) is 45.4 Å². The molecule has 5 atom stereocenters. The Balaban J connectivity index is 1.92. The van der Waals surface area contributed by atoms with Crippen LogP contribution in [0.15, 0.2) is 0 Å². The van der Waals surface area contributed by atoms with Crippen molar-refractivity contribution in [3.63, 3.8) is 0 Å². The van der Waals surface area contributed by atoms with Gasteiger partial charge in [0.15, 0.2) is 0 Å². The first-order valence-electron chi connectivity index (χ1n) is 5.74. The zero-order chi connectivity index (χ0) is 8.90. The Morgan fingerprint density at radius 1 is 1.15 bits per heavy atom. The first-order valence-corrected chi connectivity index (χ1v) is 5.74. The van der Waals surface area contributed by atoms with Crippen molar-refractivity contribution in [2.24, 2.45) is 22.7 Å². The van der Waals surface area contributed by atoms with E-state index in [-0.39, 0.29) is 5.41 Å². The topological polar surface area (TPSA) is 0 Å². The summed E-state index contributed by atoms with van der Waals surface area (Å²) >= 11 is 0. The Morgan fingerprint density at radius 2 is 2.00 bits per heavy atom. The number of fused-ring (bicyclic) bond motifs is 2. The summed E-state index contributed by atoms with van der Waals surface area (Å²) < 4.78 is 14.6. The molecule has 0 saturated heterocycles. The lowest BCUT2D eigenvalue weighted by Crippen LogP contribution is -2.54. The lowest BCUT2D eigenvalue weighted by atomic mass is 9.54. The fraction of sp³-hybridized carbons (Fsp3) is 1.00. The Bertz CT molecular complexity index is 299. The highest BCUT2D eigenvalue weighted by atomic mass is 19.1. The molecular formula is C12H17F. The summed E-state index contributed by atoms with van der Waals surface area (Å²) in [5.41, 5.74) is -0.120. The maximum Gasteiger partial charge on any atom is 0.117 e. The molecule has 0 nitrogen and oxygen atoms in total. The molecule has 0 N–H and O–H groups in total. The maximum atomic E-state index is 14.6. The second-order valence-electron chi connectivity index (χ2n) is 6.70. The van der Waals surface area contributed by atoms with E-state index in [2.05, 4.69) is 6.92 Å². The van der Waals surface area contributed by atoms with Crippen molar-refractivity contribution < 1.29 is 4.39 Å². The van der Waals surface area contributed by atoms with Crippen LogP contribution < -0.4 is 0 Å². The molecule has 0 amide bonds. The van der Waals surface area contributed by atoms with E-state index in [0.29, 0.717) is 5.41 Å². The Hall–Kier alpha value is -0.0700. The van der Waals surface area contributed by atoms with Gasteiger partial charge in [-0.1, -0.05) is 6.92 Å². The normalized spacial score (nSPS) is 72.5. The average molecular weight is 180 g/mol. The molecular weight excluding hydrogens is 163 g/mol. The highest BCUT2D eigenvalue weighted by Crippen LogP contribution is 2.81. The van der Waals surface area contributed by atoms with Gasteiger partial charge in [0.25, 0.3) is 0 Å². The van der Waals surface area contributed by atoms with Crippen molar-refractivity contribution in [1.82, 2.24) is 0 Å². The van der Waals surface area contributed by atoms with Gasteiger partial charge >= 0.3 is 0 Å². The molecule has 13 heavy (non-hydrogen) atoms. The van der Waals surface area contributed by atoms with E-state index in [0.717, 1.165) is 24.7 Å². The molecule has 0 heterocycles. The van der Waals surface area contributed by atoms with Gasteiger partial charge < -0.3 is 0 Å². The molecule has 3 bridgehead atoms. The molecule has 0 aromatic heterocycles. The van der Waals surface area contributed by atoms with E-state index in [9.17, 15) is 4.39 Å². The van der Waals surface area contributed by atoms with Crippen molar-refractivity contribution in [1.29, 1.82) is 0 Å². The molecule has 4 aliphatic carbocycles. The Kier molecular flexibility index (Phi) is 0.888. The van der Waals surface area contributed by atoms with Crippen LogP contribution in [0.4, 0.5) is 4.39 Å². The van der Waals surface area contributed by atoms with Gasteiger partial charge in [-0.15, -0.1) is 0 Å². The minimum Gasteiger partial charge on any atom is -0.243 e. The number of hydrogen-bond acceptors (Lipinski definition) is 0. The van der Waals surface area contributed by atoms with Crippen molar-refractivity contribution in [2.75, 3.05) is 0 Å². The summed E-state index contributed by atoms with van der Waals surface area (Å²) in [6.07, 6.45) is 6.96. The highest BCUT2D eigenvalue weighted by Gasteiger charge is 2.78. The standard InChI is InChI=1S/C12H17F/c1-10-3-8-2-9-5-12(13,7-10)11(9,4-8)6-10/h8-9H,2-7H2,1H3. The average Bonchev–Trinajstić information content (AvgIpc) is 2.26. The predicted octanol–water partition coefficient (Wildman–Crippen LogP) is 3.31. The SMILES string of the molecule is CC12CC3CC4CC(F)(C1)C4(C3)C2. The molecule has 0 aliphatic heterocycles. The lowest BCUT2D eigenvalue weighted by Gasteiger charge is -2.53. The first-order chi connectivity index (χ1) is 6.05. The largest absolute Gasteiger partial charge is 0.243 e. The van der Waals surface area contributed by atoms with Crippen LogP contribution in [-0.4, -0.2) is 5.67 Å². The van der Waals surface area contributed by atoms with E-state index in [1.807, 2.05) is 0 Å². The molecule has 4 fully saturated rings. The molecule has 0 aromatic carbocycles. The minimum atomic E-state index is -0.711. The van der Waals surface area contributed by atoms with Crippen LogP contribution in [0.25, 0.3) is 0 Å². The monoisotopic (exact) mass is 180 g/mol. The van der Waals surface area contributed by atoms with Gasteiger partial charge in [-0.25, -0.2) is 4.39 Å². The molecule has 0 aromatic rings. The fourth-order valence-corrected chi connectivity index (χ4v) is 5.80. The quantitative estimate of drug-likeness (QED) is 0.536. The molecule has 72 valence electrons. The van der Waals surface area contributed by atoms with Crippen LogP contribution in [0.3, 0.4) is 0 Å². The highest BCUT2D eigenvalue weighted by molar-refractivity contribution is 5.27. The van der Waals surface area contributed by atoms with Crippen LogP contribution in [0.5, 0.6) is 0 Å². The summed E-state index contributed by atoms with van der Waals surface area (Å²) in [5, 5.41) is 0. The van der Waals surface area contributed by atoms with Crippen molar-refractivity contribution in [3.8, 4) is 0 Å². The van der Waals surface area contributed by atoms with Gasteiger partial charge in [-0.3, -0.25) is 0 Å². The van der Waals surface area contributed by atoms with Gasteiger partial charge in [0.2, 0.25) is 0 Å². The Morgan fingerprint density at radius 3 is 2.85 bits per heavy atom. The second-order valence-corrected chi connectivity index (χ2v) is 6.70. The fourth-order valence-electron chi connectivity index (χ4n) is 5.80. The summed E-state index contributed by atoms with van der Waals surface area (Å²) in [7, 11) is 0. The molecule has 1 heteroatoms. The predicted molar refractivity (Wildman–Crippen MR) is 49.1 cm³/mol. The van der Waals surface area contributed by atoms with E-state index in [1.165, 1.54) is 25.7 Å². The molecule has 4 aliphatic rings. The van der Waals surface area contributed by atoms with Crippen LogP contribution in [0, 0.1) is 22.7 Å². The number of halogens is 1. The molecule has 5 unspecified atom stereocenters. The van der Waals surface area contributed by atoms with Gasteiger partial charge in [0.1, 0.15) is 5.67 Å². The van der Waals surface area contributed by atoms with Crippen molar-refractivity contribution >= 4 is 0 Å². The lowest BCUT2D eigenvalue weighted by molar-refractivity contribution is -0.120. The van der Waals surface area contributed by atoms with Crippen molar-refractivity contribution in [2.45, 2.75) is 51.1 Å². The summed E-state index contributed by atoms with van der Waals surface area (Å²) in [6, 6.07) is 0. The maximum absolute atomic E-state index is 14.6. The van der Waals surface area contributed by atoms with E-state index in [1.54, 1.807) is 0 Å². The zero-order valence-corrected chi connectivity index (χ0v) is 8.28. The second kappa shape index (κ2) is 1.59. The number of alkyl halides is 1. The van der Waals surface area contributed by atoms with E-state index in [4.69, 9.17) is 0 Å². The third-order valence-corrected chi connectivity index (χ3v) is 5.75. The summed E-state index contributed by atoms with van der Waals surface area (Å²) in [4.78, 5) is 0. The Labute approximate surface area is 78.9 Å². The minimum absolute atomic E-state index is 0.199. The molecule has 1 spiro atoms. The van der Waals surface area contributed by atoms with Gasteiger partial charge in [-0.2, -0.15) is 0 Å². The zero-order valence-electron chi connectivity index (χ0n) is 8.28. The van der Waals surface area contributed by atoms with Crippen LogP contribution in [-0.2, 0) is 0 Å².